The van der Waals surface area contributed by atoms with Gasteiger partial charge in [0.15, 0.2) is 0 Å². The summed E-state index contributed by atoms with van der Waals surface area (Å²) >= 11 is 0. The number of aliphatic hydroxyl groups excluding tert-OH is 1. The summed E-state index contributed by atoms with van der Waals surface area (Å²) in [6.45, 7) is 3.88. The van der Waals surface area contributed by atoms with Crippen molar-refractivity contribution in [2.24, 2.45) is 0 Å². The van der Waals surface area contributed by atoms with Crippen LogP contribution in [-0.2, 0) is 19.0 Å². The molecule has 0 aromatic carbocycles. The predicted molar refractivity (Wildman–Crippen MR) is 74.5 cm³/mol. The van der Waals surface area contributed by atoms with Crippen molar-refractivity contribution < 1.29 is 24.1 Å². The number of ether oxygens (including phenoxy) is 3. The molecule has 20 heavy (non-hydrogen) atoms. The first-order valence-corrected chi connectivity index (χ1v) is 7.19. The van der Waals surface area contributed by atoms with Gasteiger partial charge >= 0.3 is 5.97 Å². The first kappa shape index (κ1) is 17.4. The largest absolute Gasteiger partial charge is 0.468 e. The van der Waals surface area contributed by atoms with Crippen LogP contribution in [0.15, 0.2) is 0 Å². The van der Waals surface area contributed by atoms with Crippen molar-refractivity contribution in [3.05, 3.63) is 0 Å². The fourth-order valence-corrected chi connectivity index (χ4v) is 2.49. The first-order valence-electron chi connectivity index (χ1n) is 7.19. The van der Waals surface area contributed by atoms with Crippen molar-refractivity contribution in [3.63, 3.8) is 0 Å². The smallest absolute Gasteiger partial charge is 0.323 e. The van der Waals surface area contributed by atoms with Crippen molar-refractivity contribution in [2.75, 3.05) is 40.5 Å². The summed E-state index contributed by atoms with van der Waals surface area (Å²) in [6.07, 6.45) is 2.20. The van der Waals surface area contributed by atoms with E-state index >= 15 is 0 Å². The Labute approximate surface area is 121 Å². The number of esters is 1. The Bertz CT molecular complexity index is 287. The molecule has 1 saturated heterocycles. The second-order valence-electron chi connectivity index (χ2n) is 5.28. The number of hydrogen-bond donors (Lipinski definition) is 1. The highest BCUT2D eigenvalue weighted by Crippen LogP contribution is 2.18. The topological polar surface area (TPSA) is 68.2 Å². The molecular formula is C14H27NO5. The summed E-state index contributed by atoms with van der Waals surface area (Å²) in [5.74, 6) is -0.217. The van der Waals surface area contributed by atoms with Crippen molar-refractivity contribution in [1.82, 2.24) is 4.90 Å². The standard InChI is InChI=1S/C14H27NO5/c1-11(9-18-2)20-10-12(16)8-15-7-5-4-6-13(15)14(17)19-3/h11-13,16H,4-10H2,1-3H3/t11?,12?,13-/m1/s1. The fraction of sp³-hybridized carbons (Fsp3) is 0.929. The number of carbonyl (C=O) groups is 1. The van der Waals surface area contributed by atoms with Gasteiger partial charge in [0.05, 0.1) is 32.5 Å². The lowest BCUT2D eigenvalue weighted by molar-refractivity contribution is -0.149. The Balaban J connectivity index is 2.37. The zero-order valence-electron chi connectivity index (χ0n) is 12.7. The fourth-order valence-electron chi connectivity index (χ4n) is 2.49. The zero-order chi connectivity index (χ0) is 15.0. The molecule has 1 rings (SSSR count). The van der Waals surface area contributed by atoms with Gasteiger partial charge in [-0.15, -0.1) is 0 Å². The third-order valence-corrected chi connectivity index (χ3v) is 3.51. The van der Waals surface area contributed by atoms with Crippen LogP contribution in [0.25, 0.3) is 0 Å². The Hall–Kier alpha value is -0.690. The van der Waals surface area contributed by atoms with Gasteiger partial charge in [-0.05, 0) is 26.3 Å². The summed E-state index contributed by atoms with van der Waals surface area (Å²) in [5.41, 5.74) is 0. The Morgan fingerprint density at radius 1 is 1.35 bits per heavy atom. The molecule has 1 N–H and O–H groups in total. The molecule has 0 amide bonds. The molecule has 1 heterocycles. The first-order chi connectivity index (χ1) is 9.58. The van der Waals surface area contributed by atoms with Gasteiger partial charge in [-0.2, -0.15) is 0 Å². The van der Waals surface area contributed by atoms with Crippen molar-refractivity contribution in [2.45, 2.75) is 44.4 Å². The summed E-state index contributed by atoms with van der Waals surface area (Å²) in [4.78, 5) is 13.7. The van der Waals surface area contributed by atoms with Crippen LogP contribution in [-0.4, -0.2) is 74.7 Å². The third-order valence-electron chi connectivity index (χ3n) is 3.51. The Kier molecular flexibility index (Phi) is 8.06. The van der Waals surface area contributed by atoms with Gasteiger partial charge in [0.1, 0.15) is 6.04 Å². The molecule has 1 aliphatic heterocycles. The average molecular weight is 289 g/mol. The lowest BCUT2D eigenvalue weighted by atomic mass is 10.0. The van der Waals surface area contributed by atoms with E-state index in [0.29, 0.717) is 13.2 Å². The Morgan fingerprint density at radius 2 is 2.10 bits per heavy atom. The van der Waals surface area contributed by atoms with Gasteiger partial charge in [0, 0.05) is 13.7 Å². The number of aliphatic hydroxyl groups is 1. The van der Waals surface area contributed by atoms with E-state index < -0.39 is 6.10 Å². The van der Waals surface area contributed by atoms with Gasteiger partial charge in [0.25, 0.3) is 0 Å². The number of likely N-dealkylation sites (tertiary alicyclic amines) is 1. The average Bonchev–Trinajstić information content (AvgIpc) is 2.45. The number of methoxy groups -OCH3 is 2. The van der Waals surface area contributed by atoms with E-state index in [1.54, 1.807) is 7.11 Å². The highest BCUT2D eigenvalue weighted by Gasteiger charge is 2.30. The number of hydrogen-bond acceptors (Lipinski definition) is 6. The maximum Gasteiger partial charge on any atom is 0.323 e. The second kappa shape index (κ2) is 9.28. The maximum atomic E-state index is 11.7. The van der Waals surface area contributed by atoms with Crippen LogP contribution in [0.2, 0.25) is 0 Å². The lowest BCUT2D eigenvalue weighted by Crippen LogP contribution is -2.49. The van der Waals surface area contributed by atoms with Gasteiger partial charge < -0.3 is 19.3 Å². The van der Waals surface area contributed by atoms with Gasteiger partial charge in [-0.1, -0.05) is 6.42 Å². The SMILES string of the molecule is COCC(C)OCC(O)CN1CCCC[C@@H]1C(=O)OC. The van der Waals surface area contributed by atoms with E-state index in [9.17, 15) is 9.90 Å². The minimum atomic E-state index is -0.612. The second-order valence-corrected chi connectivity index (χ2v) is 5.28. The maximum absolute atomic E-state index is 11.7. The summed E-state index contributed by atoms with van der Waals surface area (Å²) in [5, 5.41) is 10.0. The summed E-state index contributed by atoms with van der Waals surface area (Å²) < 4.78 is 15.3. The number of nitrogens with zero attached hydrogens (tertiary/aromatic N) is 1. The molecule has 6 heteroatoms. The molecule has 0 aromatic rings. The zero-order valence-corrected chi connectivity index (χ0v) is 12.7. The minimum absolute atomic E-state index is 0.0487. The molecule has 0 bridgehead atoms. The van der Waals surface area contributed by atoms with Crippen molar-refractivity contribution in [3.8, 4) is 0 Å². The van der Waals surface area contributed by atoms with E-state index in [1.165, 1.54) is 7.11 Å². The molecule has 1 aliphatic rings. The predicted octanol–water partition coefficient (Wildman–Crippen LogP) is 0.426. The van der Waals surface area contributed by atoms with E-state index in [2.05, 4.69) is 0 Å². The van der Waals surface area contributed by atoms with Crippen LogP contribution >= 0.6 is 0 Å². The number of carbonyl (C=O) groups excluding carboxylic acids is 1. The summed E-state index contributed by atoms with van der Waals surface area (Å²) in [6, 6.07) is -0.236. The molecule has 3 atom stereocenters. The monoisotopic (exact) mass is 289 g/mol. The molecule has 0 saturated carbocycles. The van der Waals surface area contributed by atoms with Crippen LogP contribution in [0.4, 0.5) is 0 Å². The highest BCUT2D eigenvalue weighted by molar-refractivity contribution is 5.75. The van der Waals surface area contributed by atoms with Gasteiger partial charge in [-0.3, -0.25) is 9.69 Å². The lowest BCUT2D eigenvalue weighted by Gasteiger charge is -2.35. The van der Waals surface area contributed by atoms with Crippen LogP contribution in [0.3, 0.4) is 0 Å². The minimum Gasteiger partial charge on any atom is -0.468 e. The molecule has 6 nitrogen and oxygen atoms in total. The molecule has 118 valence electrons. The molecule has 2 unspecified atom stereocenters. The molecule has 0 spiro atoms. The van der Waals surface area contributed by atoms with Crippen LogP contribution in [0, 0.1) is 0 Å². The molecule has 0 radical (unpaired) electrons. The number of β-amino-alcohol motifs (C(OH)–C–C–N with tert-alkyl or cyclic N) is 1. The normalized spacial score (nSPS) is 23.3. The third kappa shape index (κ3) is 5.75. The molecular weight excluding hydrogens is 262 g/mol. The number of rotatable bonds is 8. The van der Waals surface area contributed by atoms with E-state index in [-0.39, 0.29) is 24.7 Å². The molecule has 0 aromatic heterocycles. The summed E-state index contributed by atoms with van der Waals surface area (Å²) in [7, 11) is 3.02. The van der Waals surface area contributed by atoms with Crippen LogP contribution in [0.1, 0.15) is 26.2 Å². The van der Waals surface area contributed by atoms with E-state index in [1.807, 2.05) is 11.8 Å². The highest BCUT2D eigenvalue weighted by atomic mass is 16.5. The van der Waals surface area contributed by atoms with Crippen molar-refractivity contribution in [1.29, 1.82) is 0 Å². The Morgan fingerprint density at radius 3 is 2.75 bits per heavy atom. The van der Waals surface area contributed by atoms with Gasteiger partial charge in [0.2, 0.25) is 0 Å². The van der Waals surface area contributed by atoms with Crippen LogP contribution in [0.5, 0.6) is 0 Å². The van der Waals surface area contributed by atoms with E-state index in [4.69, 9.17) is 14.2 Å². The van der Waals surface area contributed by atoms with Crippen molar-refractivity contribution >= 4 is 5.97 Å². The van der Waals surface area contributed by atoms with E-state index in [0.717, 1.165) is 25.8 Å². The number of piperidine rings is 1. The van der Waals surface area contributed by atoms with Crippen LogP contribution < -0.4 is 0 Å². The quantitative estimate of drug-likeness (QED) is 0.653. The van der Waals surface area contributed by atoms with Gasteiger partial charge in [-0.25, -0.2) is 0 Å². The molecule has 0 aliphatic carbocycles. The molecule has 1 fully saturated rings.